The molecule has 3 N–H and O–H groups in total. The van der Waals surface area contributed by atoms with E-state index in [1.165, 1.54) is 0 Å². The van der Waals surface area contributed by atoms with Crippen LogP contribution < -0.4 is 25.4 Å². The summed E-state index contributed by atoms with van der Waals surface area (Å²) in [6, 6.07) is 5.38. The van der Waals surface area contributed by atoms with Crippen LogP contribution in [0.2, 0.25) is 0 Å². The van der Waals surface area contributed by atoms with Crippen LogP contribution >= 0.6 is 0 Å². The number of alkyl carbamates (subject to hydrolysis) is 1. The fourth-order valence-electron chi connectivity index (χ4n) is 2.35. The average molecular weight is 395 g/mol. The first kappa shape index (κ1) is 23.4. The van der Waals surface area contributed by atoms with Gasteiger partial charge in [0.1, 0.15) is 5.60 Å². The number of methoxy groups -OCH3 is 2. The lowest BCUT2D eigenvalue weighted by atomic mass is 10.0. The standard InChI is InChI=1S/C20H34N4O4/c1-13(2)15(24-19(25)28-20(3,4)5)12-22-18(21-6)23-14-9-10-16(26-7)17(11-14)27-8/h9-11,13,15H,12H2,1-8H3,(H,24,25)(H2,21,22,23). The van der Waals surface area contributed by atoms with E-state index in [1.807, 2.05) is 52.8 Å². The molecule has 0 heterocycles. The molecule has 1 aromatic carbocycles. The van der Waals surface area contributed by atoms with E-state index in [2.05, 4.69) is 20.9 Å². The zero-order valence-electron chi connectivity index (χ0n) is 18.2. The quantitative estimate of drug-likeness (QED) is 0.486. The monoisotopic (exact) mass is 394 g/mol. The highest BCUT2D eigenvalue weighted by molar-refractivity contribution is 5.93. The first-order valence-electron chi connectivity index (χ1n) is 9.28. The second-order valence-corrected chi connectivity index (χ2v) is 7.64. The van der Waals surface area contributed by atoms with Crippen molar-refractivity contribution in [3.05, 3.63) is 18.2 Å². The number of aliphatic imine (C=N–C) groups is 1. The molecular weight excluding hydrogens is 360 g/mol. The Morgan fingerprint density at radius 3 is 2.29 bits per heavy atom. The Hall–Kier alpha value is -2.64. The van der Waals surface area contributed by atoms with Gasteiger partial charge < -0.3 is 30.2 Å². The van der Waals surface area contributed by atoms with E-state index in [0.29, 0.717) is 24.0 Å². The smallest absolute Gasteiger partial charge is 0.407 e. The van der Waals surface area contributed by atoms with Crippen LogP contribution in [0, 0.1) is 5.92 Å². The van der Waals surface area contributed by atoms with Gasteiger partial charge in [-0.2, -0.15) is 0 Å². The Labute approximate surface area is 168 Å². The molecule has 158 valence electrons. The van der Waals surface area contributed by atoms with Gasteiger partial charge in [0.15, 0.2) is 17.5 Å². The van der Waals surface area contributed by atoms with E-state index >= 15 is 0 Å². The lowest BCUT2D eigenvalue weighted by Crippen LogP contribution is -2.49. The highest BCUT2D eigenvalue weighted by Crippen LogP contribution is 2.29. The number of rotatable bonds is 7. The number of ether oxygens (including phenoxy) is 3. The molecule has 1 aromatic rings. The van der Waals surface area contributed by atoms with Gasteiger partial charge in [-0.3, -0.25) is 4.99 Å². The van der Waals surface area contributed by atoms with Crippen LogP contribution in [-0.2, 0) is 4.74 Å². The maximum Gasteiger partial charge on any atom is 0.407 e. The topological polar surface area (TPSA) is 93.2 Å². The van der Waals surface area contributed by atoms with Gasteiger partial charge in [-0.1, -0.05) is 13.8 Å². The third-order valence-electron chi connectivity index (χ3n) is 3.87. The first-order valence-corrected chi connectivity index (χ1v) is 9.28. The molecule has 8 nitrogen and oxygen atoms in total. The number of hydrogen-bond donors (Lipinski definition) is 3. The molecule has 0 radical (unpaired) electrons. The van der Waals surface area contributed by atoms with Gasteiger partial charge in [-0.15, -0.1) is 0 Å². The predicted molar refractivity (Wildman–Crippen MR) is 113 cm³/mol. The Morgan fingerprint density at radius 1 is 1.14 bits per heavy atom. The van der Waals surface area contributed by atoms with E-state index in [-0.39, 0.29) is 12.0 Å². The number of benzene rings is 1. The normalized spacial score (nSPS) is 13.0. The van der Waals surface area contributed by atoms with E-state index in [1.54, 1.807) is 21.3 Å². The first-order chi connectivity index (χ1) is 13.1. The lowest BCUT2D eigenvalue weighted by Gasteiger charge is -2.26. The van der Waals surface area contributed by atoms with Crippen molar-refractivity contribution in [1.29, 1.82) is 0 Å². The lowest BCUT2D eigenvalue weighted by molar-refractivity contribution is 0.0491. The average Bonchev–Trinajstić information content (AvgIpc) is 2.61. The Balaban J connectivity index is 2.71. The number of amides is 1. The zero-order valence-corrected chi connectivity index (χ0v) is 18.2. The minimum Gasteiger partial charge on any atom is -0.493 e. The Bertz CT molecular complexity index is 669. The second-order valence-electron chi connectivity index (χ2n) is 7.64. The van der Waals surface area contributed by atoms with Crippen LogP contribution in [0.25, 0.3) is 0 Å². The van der Waals surface area contributed by atoms with E-state index in [9.17, 15) is 4.79 Å². The SMILES string of the molecule is CN=C(NCC(NC(=O)OC(C)(C)C)C(C)C)Nc1ccc(OC)c(OC)c1. The summed E-state index contributed by atoms with van der Waals surface area (Å²) in [5, 5.41) is 9.34. The molecule has 0 fully saturated rings. The molecule has 0 aliphatic rings. The van der Waals surface area contributed by atoms with Crippen molar-refractivity contribution in [3.63, 3.8) is 0 Å². The minimum atomic E-state index is -0.538. The largest absolute Gasteiger partial charge is 0.493 e. The maximum absolute atomic E-state index is 12.1. The molecule has 1 unspecified atom stereocenters. The molecule has 1 atom stereocenters. The number of nitrogens with one attached hydrogen (secondary N) is 3. The molecule has 1 amide bonds. The van der Waals surface area contributed by atoms with Crippen molar-refractivity contribution in [3.8, 4) is 11.5 Å². The third-order valence-corrected chi connectivity index (χ3v) is 3.87. The van der Waals surface area contributed by atoms with Gasteiger partial charge in [0.25, 0.3) is 0 Å². The van der Waals surface area contributed by atoms with Crippen molar-refractivity contribution in [1.82, 2.24) is 10.6 Å². The molecule has 0 spiro atoms. The van der Waals surface area contributed by atoms with Gasteiger partial charge in [-0.25, -0.2) is 4.79 Å². The molecule has 0 bridgehead atoms. The molecule has 0 aromatic heterocycles. The molecule has 0 aliphatic carbocycles. The number of hydrogen-bond acceptors (Lipinski definition) is 5. The molecule has 0 saturated carbocycles. The van der Waals surface area contributed by atoms with E-state index in [4.69, 9.17) is 14.2 Å². The summed E-state index contributed by atoms with van der Waals surface area (Å²) in [5.41, 5.74) is 0.260. The summed E-state index contributed by atoms with van der Waals surface area (Å²) in [6.45, 7) is 10.1. The number of anilines is 1. The Morgan fingerprint density at radius 2 is 1.79 bits per heavy atom. The van der Waals surface area contributed by atoms with Gasteiger partial charge in [0.05, 0.1) is 20.3 Å². The number of carbonyl (C=O) groups excluding carboxylic acids is 1. The summed E-state index contributed by atoms with van der Waals surface area (Å²) in [5.74, 6) is 2.05. The van der Waals surface area contributed by atoms with Crippen molar-refractivity contribution in [2.45, 2.75) is 46.3 Å². The maximum atomic E-state index is 12.1. The van der Waals surface area contributed by atoms with Crippen LogP contribution in [0.15, 0.2) is 23.2 Å². The summed E-state index contributed by atoms with van der Waals surface area (Å²) in [4.78, 5) is 16.3. The van der Waals surface area contributed by atoms with Crippen molar-refractivity contribution in [2.24, 2.45) is 10.9 Å². The van der Waals surface area contributed by atoms with Gasteiger partial charge >= 0.3 is 6.09 Å². The van der Waals surface area contributed by atoms with Gasteiger partial charge in [0.2, 0.25) is 0 Å². The van der Waals surface area contributed by atoms with Gasteiger partial charge in [-0.05, 0) is 38.8 Å². The fraction of sp³-hybridized carbons (Fsp3) is 0.600. The highest BCUT2D eigenvalue weighted by atomic mass is 16.6. The summed E-state index contributed by atoms with van der Waals surface area (Å²) in [7, 11) is 4.86. The van der Waals surface area contributed by atoms with Crippen LogP contribution in [0.1, 0.15) is 34.6 Å². The fourth-order valence-corrected chi connectivity index (χ4v) is 2.35. The summed E-state index contributed by atoms with van der Waals surface area (Å²) < 4.78 is 15.9. The van der Waals surface area contributed by atoms with Gasteiger partial charge in [0, 0.05) is 25.3 Å². The second kappa shape index (κ2) is 10.6. The van der Waals surface area contributed by atoms with Crippen LogP contribution in [-0.4, -0.2) is 51.5 Å². The van der Waals surface area contributed by atoms with Crippen LogP contribution in [0.3, 0.4) is 0 Å². The third kappa shape index (κ3) is 7.94. The number of carbonyl (C=O) groups is 1. The number of guanidine groups is 1. The van der Waals surface area contributed by atoms with Crippen LogP contribution in [0.4, 0.5) is 10.5 Å². The highest BCUT2D eigenvalue weighted by Gasteiger charge is 2.21. The van der Waals surface area contributed by atoms with Crippen molar-refractivity contribution < 1.29 is 19.0 Å². The molecule has 0 aliphatic heterocycles. The molecule has 1 rings (SSSR count). The Kier molecular flexibility index (Phi) is 8.88. The molecule has 0 saturated heterocycles. The minimum absolute atomic E-state index is 0.126. The van der Waals surface area contributed by atoms with Crippen LogP contribution in [0.5, 0.6) is 11.5 Å². The molecule has 8 heteroatoms. The zero-order chi connectivity index (χ0) is 21.3. The van der Waals surface area contributed by atoms with E-state index in [0.717, 1.165) is 5.69 Å². The van der Waals surface area contributed by atoms with E-state index < -0.39 is 11.7 Å². The summed E-state index contributed by atoms with van der Waals surface area (Å²) in [6.07, 6.45) is -0.434. The van der Waals surface area contributed by atoms with Crippen molar-refractivity contribution in [2.75, 3.05) is 33.1 Å². The predicted octanol–water partition coefficient (Wildman–Crippen LogP) is 3.24. The molecule has 28 heavy (non-hydrogen) atoms. The van der Waals surface area contributed by atoms with Crippen molar-refractivity contribution >= 4 is 17.7 Å². The molecular formula is C20H34N4O4. The summed E-state index contributed by atoms with van der Waals surface area (Å²) >= 11 is 0. The number of nitrogens with zero attached hydrogens (tertiary/aromatic N) is 1.